The lowest BCUT2D eigenvalue weighted by Crippen LogP contribution is -2.52. The molecule has 2 aliphatic rings. The molecule has 0 bridgehead atoms. The summed E-state index contributed by atoms with van der Waals surface area (Å²) in [5, 5.41) is 11.7. The summed E-state index contributed by atoms with van der Waals surface area (Å²) in [6, 6.07) is -1.56. The van der Waals surface area contributed by atoms with Gasteiger partial charge in [-0.3, -0.25) is 9.59 Å². The van der Waals surface area contributed by atoms with Gasteiger partial charge in [0.1, 0.15) is 12.1 Å². The van der Waals surface area contributed by atoms with Crippen molar-refractivity contribution in [1.29, 1.82) is 0 Å². The van der Waals surface area contributed by atoms with E-state index in [2.05, 4.69) is 5.32 Å². The van der Waals surface area contributed by atoms with Gasteiger partial charge in [-0.1, -0.05) is 12.8 Å². The topological polar surface area (TPSA) is 95.9 Å². The number of nitrogens with zero attached hydrogens (tertiary/aromatic N) is 1. The molecule has 8 heteroatoms. The summed E-state index contributed by atoms with van der Waals surface area (Å²) >= 11 is 1.53. The number of rotatable bonds is 7. The Morgan fingerprint density at radius 2 is 2.04 bits per heavy atom. The summed E-state index contributed by atoms with van der Waals surface area (Å²) in [4.78, 5) is 37.8. The van der Waals surface area contributed by atoms with E-state index < -0.39 is 18.1 Å². The minimum Gasteiger partial charge on any atom is -0.480 e. The van der Waals surface area contributed by atoms with Gasteiger partial charge in [0.25, 0.3) is 0 Å². The number of carboxylic acid groups (broad SMARTS) is 1. The summed E-state index contributed by atoms with van der Waals surface area (Å²) in [5.74, 6) is -0.395. The third kappa shape index (κ3) is 4.60. The van der Waals surface area contributed by atoms with Crippen LogP contribution in [-0.2, 0) is 19.1 Å². The molecule has 0 spiro atoms. The first-order valence-electron chi connectivity index (χ1n) is 7.95. The van der Waals surface area contributed by atoms with Crippen molar-refractivity contribution in [1.82, 2.24) is 10.2 Å². The Bertz CT molecular complexity index is 453. The Morgan fingerprint density at radius 1 is 1.35 bits per heavy atom. The van der Waals surface area contributed by atoms with E-state index in [0.29, 0.717) is 11.6 Å². The molecule has 1 saturated carbocycles. The van der Waals surface area contributed by atoms with Crippen molar-refractivity contribution in [3.63, 3.8) is 0 Å². The van der Waals surface area contributed by atoms with Crippen molar-refractivity contribution in [3.8, 4) is 0 Å². The maximum absolute atomic E-state index is 12.6. The van der Waals surface area contributed by atoms with E-state index in [1.807, 2.05) is 0 Å². The van der Waals surface area contributed by atoms with Gasteiger partial charge < -0.3 is 20.1 Å². The Labute approximate surface area is 140 Å². The highest BCUT2D eigenvalue weighted by atomic mass is 32.2. The second-order valence-corrected chi connectivity index (χ2v) is 6.99. The molecule has 0 radical (unpaired) electrons. The van der Waals surface area contributed by atoms with E-state index in [-0.39, 0.29) is 30.8 Å². The molecule has 1 aliphatic carbocycles. The molecule has 0 aromatic carbocycles. The average molecular weight is 344 g/mol. The first kappa shape index (κ1) is 18.1. The van der Waals surface area contributed by atoms with Crippen LogP contribution < -0.4 is 5.32 Å². The van der Waals surface area contributed by atoms with Gasteiger partial charge >= 0.3 is 5.97 Å². The Hall–Kier alpha value is -1.28. The molecular formula is C15H24N2O5S. The van der Waals surface area contributed by atoms with Crippen molar-refractivity contribution in [2.75, 3.05) is 25.3 Å². The van der Waals surface area contributed by atoms with Crippen molar-refractivity contribution >= 4 is 29.5 Å². The molecule has 1 saturated heterocycles. The number of carboxylic acids is 1. The predicted octanol–water partition coefficient (Wildman–Crippen LogP) is 0.684. The molecule has 2 atom stereocenters. The van der Waals surface area contributed by atoms with Crippen molar-refractivity contribution in [2.24, 2.45) is 5.92 Å². The van der Waals surface area contributed by atoms with E-state index >= 15 is 0 Å². The quantitative estimate of drug-likeness (QED) is 0.705. The SMILES string of the molecule is COCCC(NC(=O)C1CSCN1C(=O)C1CCCC1)C(=O)O. The number of amides is 2. The van der Waals surface area contributed by atoms with Gasteiger partial charge in [0.15, 0.2) is 0 Å². The lowest BCUT2D eigenvalue weighted by Gasteiger charge is -2.27. The number of methoxy groups -OCH3 is 1. The number of ether oxygens (including phenoxy) is 1. The molecule has 2 fully saturated rings. The van der Waals surface area contributed by atoms with Crippen LogP contribution in [0.15, 0.2) is 0 Å². The molecular weight excluding hydrogens is 320 g/mol. The second kappa shape index (κ2) is 8.54. The standard InChI is InChI=1S/C15H24N2O5S/c1-22-7-6-11(15(20)21)16-13(18)12-8-23-9-17(12)14(19)10-4-2-3-5-10/h10-12H,2-9H2,1H3,(H,16,18)(H,20,21). The van der Waals surface area contributed by atoms with Crippen molar-refractivity contribution < 1.29 is 24.2 Å². The van der Waals surface area contributed by atoms with Crippen LogP contribution in [-0.4, -0.2) is 65.2 Å². The Morgan fingerprint density at radius 3 is 2.65 bits per heavy atom. The fourth-order valence-electron chi connectivity index (χ4n) is 3.05. The summed E-state index contributed by atoms with van der Waals surface area (Å²) in [6.07, 6.45) is 4.10. The number of hydrogen-bond donors (Lipinski definition) is 2. The minimum absolute atomic E-state index is 0.0211. The molecule has 1 aliphatic heterocycles. The van der Waals surface area contributed by atoms with Crippen LogP contribution in [0.3, 0.4) is 0 Å². The minimum atomic E-state index is -1.09. The zero-order valence-electron chi connectivity index (χ0n) is 13.3. The average Bonchev–Trinajstić information content (AvgIpc) is 3.21. The van der Waals surface area contributed by atoms with Crippen molar-refractivity contribution in [3.05, 3.63) is 0 Å². The van der Waals surface area contributed by atoms with Gasteiger partial charge in [0, 0.05) is 31.8 Å². The van der Waals surface area contributed by atoms with E-state index in [1.54, 1.807) is 4.90 Å². The van der Waals surface area contributed by atoms with Gasteiger partial charge in [0.2, 0.25) is 11.8 Å². The molecule has 1 heterocycles. The summed E-state index contributed by atoms with van der Waals surface area (Å²) in [6.45, 7) is 0.251. The number of thioether (sulfide) groups is 1. The lowest BCUT2D eigenvalue weighted by molar-refractivity contribution is -0.145. The van der Waals surface area contributed by atoms with Crippen LogP contribution in [0.2, 0.25) is 0 Å². The van der Waals surface area contributed by atoms with Gasteiger partial charge in [-0.05, 0) is 12.8 Å². The zero-order chi connectivity index (χ0) is 16.8. The fourth-order valence-corrected chi connectivity index (χ4v) is 4.21. The van der Waals surface area contributed by atoms with E-state index in [1.165, 1.54) is 18.9 Å². The molecule has 2 N–H and O–H groups in total. The fraction of sp³-hybridized carbons (Fsp3) is 0.800. The van der Waals surface area contributed by atoms with E-state index in [9.17, 15) is 19.5 Å². The number of aliphatic carboxylic acids is 1. The van der Waals surface area contributed by atoms with E-state index in [0.717, 1.165) is 25.7 Å². The third-order valence-electron chi connectivity index (χ3n) is 4.40. The van der Waals surface area contributed by atoms with Crippen LogP contribution in [0, 0.1) is 5.92 Å². The third-order valence-corrected chi connectivity index (χ3v) is 5.41. The highest BCUT2D eigenvalue weighted by Gasteiger charge is 2.39. The smallest absolute Gasteiger partial charge is 0.326 e. The normalized spacial score (nSPS) is 23.0. The van der Waals surface area contributed by atoms with Crippen LogP contribution in [0.5, 0.6) is 0 Å². The van der Waals surface area contributed by atoms with Crippen LogP contribution in [0.25, 0.3) is 0 Å². The van der Waals surface area contributed by atoms with Crippen LogP contribution in [0.1, 0.15) is 32.1 Å². The zero-order valence-corrected chi connectivity index (χ0v) is 14.1. The molecule has 0 aromatic rings. The molecule has 130 valence electrons. The molecule has 2 unspecified atom stereocenters. The Balaban J connectivity index is 1.96. The number of hydrogen-bond acceptors (Lipinski definition) is 5. The van der Waals surface area contributed by atoms with Gasteiger partial charge in [-0.2, -0.15) is 0 Å². The monoisotopic (exact) mass is 344 g/mol. The summed E-state index contributed by atoms with van der Waals surface area (Å²) < 4.78 is 4.87. The maximum atomic E-state index is 12.6. The van der Waals surface area contributed by atoms with Crippen LogP contribution >= 0.6 is 11.8 Å². The summed E-state index contributed by atoms with van der Waals surface area (Å²) in [7, 11) is 1.48. The van der Waals surface area contributed by atoms with E-state index in [4.69, 9.17) is 4.74 Å². The largest absolute Gasteiger partial charge is 0.480 e. The van der Waals surface area contributed by atoms with Gasteiger partial charge in [0.05, 0.1) is 5.88 Å². The van der Waals surface area contributed by atoms with Gasteiger partial charge in [-0.25, -0.2) is 4.79 Å². The molecule has 23 heavy (non-hydrogen) atoms. The molecule has 2 rings (SSSR count). The first-order valence-corrected chi connectivity index (χ1v) is 9.10. The molecule has 2 amide bonds. The number of carbonyl (C=O) groups is 3. The van der Waals surface area contributed by atoms with Crippen molar-refractivity contribution in [2.45, 2.75) is 44.2 Å². The lowest BCUT2D eigenvalue weighted by atomic mass is 10.1. The first-order chi connectivity index (χ1) is 11.0. The van der Waals surface area contributed by atoms with Crippen LogP contribution in [0.4, 0.5) is 0 Å². The Kier molecular flexibility index (Phi) is 6.71. The van der Waals surface area contributed by atoms with Gasteiger partial charge in [-0.15, -0.1) is 11.8 Å². The number of carbonyl (C=O) groups excluding carboxylic acids is 2. The predicted molar refractivity (Wildman–Crippen MR) is 86.0 cm³/mol. The summed E-state index contributed by atoms with van der Waals surface area (Å²) in [5.41, 5.74) is 0. The second-order valence-electron chi connectivity index (χ2n) is 5.99. The molecule has 7 nitrogen and oxygen atoms in total. The maximum Gasteiger partial charge on any atom is 0.326 e. The highest BCUT2D eigenvalue weighted by Crippen LogP contribution is 2.30. The highest BCUT2D eigenvalue weighted by molar-refractivity contribution is 7.99. The molecule has 0 aromatic heterocycles. The number of nitrogens with one attached hydrogen (secondary N) is 1.